The van der Waals surface area contributed by atoms with E-state index >= 15 is 0 Å². The predicted molar refractivity (Wildman–Crippen MR) is 67.2 cm³/mol. The topological polar surface area (TPSA) is 96.8 Å². The summed E-state index contributed by atoms with van der Waals surface area (Å²) in [6, 6.07) is 10.5. The molecule has 0 amide bonds. The Morgan fingerprint density at radius 1 is 1.33 bits per heavy atom. The molecule has 2 rings (SSSR count). The van der Waals surface area contributed by atoms with Crippen LogP contribution >= 0.6 is 0 Å². The van der Waals surface area contributed by atoms with Gasteiger partial charge in [0, 0.05) is 13.1 Å². The molecule has 0 aliphatic rings. The normalized spacial score (nSPS) is 9.56. The highest BCUT2D eigenvalue weighted by Crippen LogP contribution is 2.24. The fourth-order valence-electron chi connectivity index (χ4n) is 1.38. The van der Waals surface area contributed by atoms with E-state index in [2.05, 4.69) is 15.3 Å². The summed E-state index contributed by atoms with van der Waals surface area (Å²) in [4.78, 5) is 7.89. The van der Waals surface area contributed by atoms with Crippen molar-refractivity contribution in [3.8, 4) is 17.7 Å². The second-order valence-corrected chi connectivity index (χ2v) is 3.41. The Bertz CT molecular complexity index is 606. The first-order valence-corrected chi connectivity index (χ1v) is 5.22. The average Bonchev–Trinajstić information content (AvgIpc) is 2.38. The standard InChI is InChI=1S/C12H11N5O/c1-15-10-6-11(17-12(14)16-10)18-9-5-3-2-4-8(9)7-13/h2-6H,1H3,(H3,14,15,16,17). The van der Waals surface area contributed by atoms with Crippen LogP contribution in [0.5, 0.6) is 11.6 Å². The van der Waals surface area contributed by atoms with Crippen LogP contribution in [0.1, 0.15) is 5.56 Å². The lowest BCUT2D eigenvalue weighted by Crippen LogP contribution is -2.01. The van der Waals surface area contributed by atoms with Gasteiger partial charge in [0.15, 0.2) is 0 Å². The zero-order valence-corrected chi connectivity index (χ0v) is 9.71. The molecule has 6 nitrogen and oxygen atoms in total. The smallest absolute Gasteiger partial charge is 0.226 e. The van der Waals surface area contributed by atoms with Crippen LogP contribution < -0.4 is 15.8 Å². The third-order valence-corrected chi connectivity index (χ3v) is 2.20. The summed E-state index contributed by atoms with van der Waals surface area (Å²) in [5.74, 6) is 1.37. The van der Waals surface area contributed by atoms with Gasteiger partial charge in [0.05, 0.1) is 5.56 Å². The molecule has 90 valence electrons. The van der Waals surface area contributed by atoms with E-state index in [0.29, 0.717) is 17.1 Å². The van der Waals surface area contributed by atoms with E-state index in [1.54, 1.807) is 37.4 Å². The fourth-order valence-corrected chi connectivity index (χ4v) is 1.38. The number of hydrogen-bond donors (Lipinski definition) is 2. The SMILES string of the molecule is CNc1cc(Oc2ccccc2C#N)nc(N)n1. The largest absolute Gasteiger partial charge is 0.437 e. The number of hydrogen-bond acceptors (Lipinski definition) is 6. The molecule has 0 saturated heterocycles. The molecule has 18 heavy (non-hydrogen) atoms. The molecule has 0 spiro atoms. The quantitative estimate of drug-likeness (QED) is 0.849. The molecule has 0 aliphatic carbocycles. The highest BCUT2D eigenvalue weighted by atomic mass is 16.5. The summed E-state index contributed by atoms with van der Waals surface area (Å²) in [5, 5.41) is 11.8. The van der Waals surface area contributed by atoms with Crippen LogP contribution in [0, 0.1) is 11.3 Å². The van der Waals surface area contributed by atoms with Gasteiger partial charge in [0.2, 0.25) is 11.8 Å². The Kier molecular flexibility index (Phi) is 3.25. The summed E-state index contributed by atoms with van der Waals surface area (Å²) < 4.78 is 5.53. The van der Waals surface area contributed by atoms with Gasteiger partial charge in [-0.1, -0.05) is 12.1 Å². The van der Waals surface area contributed by atoms with E-state index in [1.807, 2.05) is 6.07 Å². The maximum atomic E-state index is 8.95. The molecule has 0 fully saturated rings. The molecule has 2 aromatic rings. The number of nitrogens with zero attached hydrogens (tertiary/aromatic N) is 3. The lowest BCUT2D eigenvalue weighted by molar-refractivity contribution is 0.461. The second kappa shape index (κ2) is 5.01. The molecule has 1 aromatic carbocycles. The third kappa shape index (κ3) is 2.47. The maximum absolute atomic E-state index is 8.95. The van der Waals surface area contributed by atoms with Gasteiger partial charge in [0.1, 0.15) is 17.6 Å². The van der Waals surface area contributed by atoms with Gasteiger partial charge in [0.25, 0.3) is 0 Å². The molecule has 1 heterocycles. The molecule has 0 bridgehead atoms. The summed E-state index contributed by atoms with van der Waals surface area (Å²) >= 11 is 0. The number of aromatic nitrogens is 2. The van der Waals surface area contributed by atoms with Crippen LogP contribution in [-0.4, -0.2) is 17.0 Å². The summed E-state index contributed by atoms with van der Waals surface area (Å²) in [6.07, 6.45) is 0. The zero-order chi connectivity index (χ0) is 13.0. The van der Waals surface area contributed by atoms with Crippen molar-refractivity contribution in [1.82, 2.24) is 9.97 Å². The van der Waals surface area contributed by atoms with Crippen LogP contribution in [0.15, 0.2) is 30.3 Å². The van der Waals surface area contributed by atoms with Crippen LogP contribution in [0.3, 0.4) is 0 Å². The molecule has 0 atom stereocenters. The summed E-state index contributed by atoms with van der Waals surface area (Å²) in [7, 11) is 1.72. The van der Waals surface area contributed by atoms with Crippen molar-refractivity contribution < 1.29 is 4.74 Å². The Morgan fingerprint density at radius 2 is 2.11 bits per heavy atom. The van der Waals surface area contributed by atoms with Gasteiger partial charge in [-0.25, -0.2) is 0 Å². The van der Waals surface area contributed by atoms with Gasteiger partial charge in [-0.15, -0.1) is 0 Å². The first-order valence-electron chi connectivity index (χ1n) is 5.22. The van der Waals surface area contributed by atoms with Crippen LogP contribution in [0.4, 0.5) is 11.8 Å². The van der Waals surface area contributed by atoms with E-state index in [4.69, 9.17) is 15.7 Å². The van der Waals surface area contributed by atoms with E-state index in [-0.39, 0.29) is 11.8 Å². The highest BCUT2D eigenvalue weighted by Gasteiger charge is 2.07. The van der Waals surface area contributed by atoms with Crippen molar-refractivity contribution in [3.05, 3.63) is 35.9 Å². The van der Waals surface area contributed by atoms with Gasteiger partial charge < -0.3 is 15.8 Å². The first-order chi connectivity index (χ1) is 8.72. The van der Waals surface area contributed by atoms with Crippen molar-refractivity contribution in [2.24, 2.45) is 0 Å². The molecule has 0 radical (unpaired) electrons. The Hall–Kier alpha value is -2.81. The zero-order valence-electron chi connectivity index (χ0n) is 9.71. The Morgan fingerprint density at radius 3 is 2.83 bits per heavy atom. The molecule has 0 unspecified atom stereocenters. The molecule has 0 aliphatic heterocycles. The van der Waals surface area contributed by atoms with Crippen LogP contribution in [0.25, 0.3) is 0 Å². The molecule has 0 saturated carbocycles. The number of nitrogens with one attached hydrogen (secondary N) is 1. The van der Waals surface area contributed by atoms with Crippen LogP contribution in [-0.2, 0) is 0 Å². The number of nitriles is 1. The molecular formula is C12H11N5O. The number of nitrogen functional groups attached to an aromatic ring is 1. The van der Waals surface area contributed by atoms with Gasteiger partial charge in [-0.3, -0.25) is 0 Å². The number of anilines is 2. The van der Waals surface area contributed by atoms with Gasteiger partial charge in [-0.2, -0.15) is 15.2 Å². The van der Waals surface area contributed by atoms with E-state index < -0.39 is 0 Å². The number of benzene rings is 1. The minimum absolute atomic E-state index is 0.103. The van der Waals surface area contributed by atoms with Crippen molar-refractivity contribution in [3.63, 3.8) is 0 Å². The van der Waals surface area contributed by atoms with Crippen molar-refractivity contribution in [2.75, 3.05) is 18.1 Å². The summed E-state index contributed by atoms with van der Waals surface area (Å²) in [6.45, 7) is 0. The predicted octanol–water partition coefficient (Wildman–Crippen LogP) is 1.76. The monoisotopic (exact) mass is 241 g/mol. The number of rotatable bonds is 3. The number of ether oxygens (including phenoxy) is 1. The lowest BCUT2D eigenvalue weighted by Gasteiger charge is -2.08. The highest BCUT2D eigenvalue weighted by molar-refractivity contribution is 5.47. The number of nitrogens with two attached hydrogens (primary N) is 1. The third-order valence-electron chi connectivity index (χ3n) is 2.20. The molecule has 6 heteroatoms. The second-order valence-electron chi connectivity index (χ2n) is 3.41. The van der Waals surface area contributed by atoms with E-state index in [9.17, 15) is 0 Å². The Balaban J connectivity index is 2.34. The fraction of sp³-hybridized carbons (Fsp3) is 0.0833. The molecular weight excluding hydrogens is 230 g/mol. The van der Waals surface area contributed by atoms with Crippen molar-refractivity contribution >= 4 is 11.8 Å². The number of para-hydroxylation sites is 1. The van der Waals surface area contributed by atoms with Gasteiger partial charge in [-0.05, 0) is 12.1 Å². The summed E-state index contributed by atoms with van der Waals surface area (Å²) in [5.41, 5.74) is 5.98. The minimum Gasteiger partial charge on any atom is -0.437 e. The minimum atomic E-state index is 0.103. The lowest BCUT2D eigenvalue weighted by atomic mass is 10.2. The molecule has 3 N–H and O–H groups in total. The maximum Gasteiger partial charge on any atom is 0.226 e. The molecule has 1 aromatic heterocycles. The van der Waals surface area contributed by atoms with Crippen molar-refractivity contribution in [2.45, 2.75) is 0 Å². The van der Waals surface area contributed by atoms with E-state index in [1.165, 1.54) is 0 Å². The first kappa shape index (κ1) is 11.7. The average molecular weight is 241 g/mol. The van der Waals surface area contributed by atoms with Gasteiger partial charge >= 0.3 is 0 Å². The van der Waals surface area contributed by atoms with Crippen molar-refractivity contribution in [1.29, 1.82) is 5.26 Å². The Labute approximate surface area is 104 Å². The van der Waals surface area contributed by atoms with Crippen LogP contribution in [0.2, 0.25) is 0 Å². The van der Waals surface area contributed by atoms with E-state index in [0.717, 1.165) is 0 Å².